The van der Waals surface area contributed by atoms with Crippen LogP contribution in [-0.4, -0.2) is 43.0 Å². The lowest BCUT2D eigenvalue weighted by molar-refractivity contribution is -0.129. The van der Waals surface area contributed by atoms with Crippen molar-refractivity contribution < 1.29 is 14.3 Å². The van der Waals surface area contributed by atoms with E-state index in [0.717, 1.165) is 16.8 Å². The lowest BCUT2D eigenvalue weighted by Crippen LogP contribution is -2.37. The molecule has 2 amide bonds. The summed E-state index contributed by atoms with van der Waals surface area (Å²) in [4.78, 5) is 29.0. The van der Waals surface area contributed by atoms with Crippen LogP contribution in [0.25, 0.3) is 6.08 Å². The number of fused-ring (bicyclic) bond motifs is 1. The van der Waals surface area contributed by atoms with E-state index in [9.17, 15) is 9.59 Å². The van der Waals surface area contributed by atoms with E-state index in [4.69, 9.17) is 16.3 Å². The van der Waals surface area contributed by atoms with Crippen molar-refractivity contribution in [2.45, 2.75) is 19.4 Å². The molecule has 7 heteroatoms. The second kappa shape index (κ2) is 8.90. The molecule has 1 fully saturated rings. The number of morpholine rings is 1. The van der Waals surface area contributed by atoms with Crippen molar-refractivity contribution in [3.8, 4) is 0 Å². The van der Waals surface area contributed by atoms with Crippen LogP contribution in [0, 0.1) is 0 Å². The number of anilines is 2. The number of carbonyl (C=O) groups excluding carboxylic acids is 2. The smallest absolute Gasteiger partial charge is 0.226 e. The molecule has 0 spiro atoms. The summed E-state index contributed by atoms with van der Waals surface area (Å²) in [5, 5.41) is 3.61. The molecule has 2 aliphatic heterocycles. The molecular weight excluding hydrogens is 402 g/mol. The zero-order chi connectivity index (χ0) is 21.1. The van der Waals surface area contributed by atoms with E-state index >= 15 is 0 Å². The molecule has 6 nitrogen and oxygen atoms in total. The van der Waals surface area contributed by atoms with Gasteiger partial charge in [-0.25, -0.2) is 0 Å². The Morgan fingerprint density at radius 1 is 1.13 bits per heavy atom. The van der Waals surface area contributed by atoms with Crippen LogP contribution in [0.3, 0.4) is 0 Å². The molecular formula is C23H24ClN3O3. The highest BCUT2D eigenvalue weighted by Gasteiger charge is 2.29. The van der Waals surface area contributed by atoms with Gasteiger partial charge in [-0.15, -0.1) is 0 Å². The molecule has 1 atom stereocenters. The molecule has 1 saturated heterocycles. The number of para-hydroxylation sites is 1. The van der Waals surface area contributed by atoms with Gasteiger partial charge >= 0.3 is 0 Å². The first kappa shape index (κ1) is 20.4. The topological polar surface area (TPSA) is 61.9 Å². The third kappa shape index (κ3) is 4.20. The van der Waals surface area contributed by atoms with Crippen molar-refractivity contribution in [3.05, 3.63) is 64.8 Å². The van der Waals surface area contributed by atoms with Crippen LogP contribution < -0.4 is 10.2 Å². The third-order valence-corrected chi connectivity index (χ3v) is 5.74. The van der Waals surface area contributed by atoms with E-state index in [0.29, 0.717) is 37.0 Å². The van der Waals surface area contributed by atoms with E-state index < -0.39 is 0 Å². The second-order valence-corrected chi connectivity index (χ2v) is 7.78. The van der Waals surface area contributed by atoms with Gasteiger partial charge < -0.3 is 19.9 Å². The molecule has 0 bridgehead atoms. The number of carbonyl (C=O) groups is 2. The van der Waals surface area contributed by atoms with Crippen molar-refractivity contribution in [1.29, 1.82) is 0 Å². The summed E-state index contributed by atoms with van der Waals surface area (Å²) < 4.78 is 5.43. The minimum absolute atomic E-state index is 0.102. The summed E-state index contributed by atoms with van der Waals surface area (Å²) in [6.07, 6.45) is 3.80. The highest BCUT2D eigenvalue weighted by molar-refractivity contribution is 6.34. The Bertz CT molecular complexity index is 985. The number of benzene rings is 2. The minimum Gasteiger partial charge on any atom is -0.378 e. The predicted molar refractivity (Wildman–Crippen MR) is 118 cm³/mol. The van der Waals surface area contributed by atoms with Gasteiger partial charge in [-0.1, -0.05) is 41.9 Å². The lowest BCUT2D eigenvalue weighted by Gasteiger charge is -2.33. The molecule has 0 unspecified atom stereocenters. The summed E-state index contributed by atoms with van der Waals surface area (Å²) in [5.41, 5.74) is 3.46. The summed E-state index contributed by atoms with van der Waals surface area (Å²) in [6.45, 7) is 4.18. The number of rotatable bonds is 4. The summed E-state index contributed by atoms with van der Waals surface area (Å²) >= 11 is 6.47. The Morgan fingerprint density at radius 3 is 2.67 bits per heavy atom. The Morgan fingerprint density at radius 2 is 1.90 bits per heavy atom. The maximum atomic E-state index is 13.0. The van der Waals surface area contributed by atoms with E-state index in [1.54, 1.807) is 11.1 Å². The van der Waals surface area contributed by atoms with Crippen LogP contribution in [0.2, 0.25) is 5.02 Å². The molecule has 156 valence electrons. The Balaban J connectivity index is 1.57. The Labute approximate surface area is 181 Å². The summed E-state index contributed by atoms with van der Waals surface area (Å²) in [7, 11) is 0. The van der Waals surface area contributed by atoms with Gasteiger partial charge in [0.25, 0.3) is 0 Å². The van der Waals surface area contributed by atoms with Crippen molar-refractivity contribution in [2.75, 3.05) is 36.5 Å². The number of halogens is 1. The van der Waals surface area contributed by atoms with E-state index in [1.165, 1.54) is 6.92 Å². The molecule has 30 heavy (non-hydrogen) atoms. The average molecular weight is 426 g/mol. The molecule has 0 aromatic heterocycles. The normalized spacial score (nSPS) is 18.1. The lowest BCUT2D eigenvalue weighted by atomic mass is 9.93. The highest BCUT2D eigenvalue weighted by atomic mass is 35.5. The van der Waals surface area contributed by atoms with Crippen molar-refractivity contribution in [2.24, 2.45) is 0 Å². The van der Waals surface area contributed by atoms with Gasteiger partial charge in [-0.05, 0) is 29.3 Å². The summed E-state index contributed by atoms with van der Waals surface area (Å²) in [6, 6.07) is 13.0. The van der Waals surface area contributed by atoms with Crippen LogP contribution in [-0.2, 0) is 14.3 Å². The maximum absolute atomic E-state index is 13.0. The fourth-order valence-electron chi connectivity index (χ4n) is 4.01. The van der Waals surface area contributed by atoms with E-state index in [2.05, 4.69) is 10.2 Å². The quantitative estimate of drug-likeness (QED) is 0.801. The minimum atomic E-state index is -0.352. The van der Waals surface area contributed by atoms with Gasteiger partial charge in [0, 0.05) is 26.2 Å². The highest BCUT2D eigenvalue weighted by Crippen LogP contribution is 2.36. The van der Waals surface area contributed by atoms with Crippen LogP contribution in [0.5, 0.6) is 0 Å². The molecule has 2 aliphatic rings. The largest absolute Gasteiger partial charge is 0.378 e. The average Bonchev–Trinajstić information content (AvgIpc) is 2.74. The van der Waals surface area contributed by atoms with Crippen LogP contribution in [0.15, 0.2) is 48.7 Å². The number of amides is 2. The van der Waals surface area contributed by atoms with Crippen molar-refractivity contribution >= 4 is 40.9 Å². The Kier molecular flexibility index (Phi) is 6.06. The van der Waals surface area contributed by atoms with E-state index in [-0.39, 0.29) is 24.3 Å². The first-order valence-corrected chi connectivity index (χ1v) is 10.4. The molecule has 2 heterocycles. The van der Waals surface area contributed by atoms with E-state index in [1.807, 2.05) is 48.5 Å². The number of nitrogens with zero attached hydrogens (tertiary/aromatic N) is 2. The van der Waals surface area contributed by atoms with Gasteiger partial charge in [0.15, 0.2) is 0 Å². The monoisotopic (exact) mass is 425 g/mol. The standard InChI is InChI=1S/C23H24ClN3O3/c1-16(28)27-10-9-17-5-2-3-6-18(17)21(27)15-22(29)25-20-8-4-7-19(24)23(20)26-11-13-30-14-12-26/h2-10,21H,11-15H2,1H3,(H,25,29)/t21-/m1/s1. The molecule has 1 N–H and O–H groups in total. The molecule has 2 aromatic carbocycles. The molecule has 0 aliphatic carbocycles. The number of hydrogen-bond donors (Lipinski definition) is 1. The number of ether oxygens (including phenoxy) is 1. The molecule has 0 radical (unpaired) electrons. The van der Waals surface area contributed by atoms with Crippen molar-refractivity contribution in [1.82, 2.24) is 4.90 Å². The SMILES string of the molecule is CC(=O)N1C=Cc2ccccc2[C@H]1CC(=O)Nc1cccc(Cl)c1N1CCOCC1. The zero-order valence-corrected chi connectivity index (χ0v) is 17.6. The molecule has 0 saturated carbocycles. The predicted octanol–water partition coefficient (Wildman–Crippen LogP) is 4.08. The number of nitrogens with one attached hydrogen (secondary N) is 1. The third-order valence-electron chi connectivity index (χ3n) is 5.44. The van der Waals surface area contributed by atoms with Crippen LogP contribution >= 0.6 is 11.6 Å². The van der Waals surface area contributed by atoms with Gasteiger partial charge in [-0.3, -0.25) is 9.59 Å². The summed E-state index contributed by atoms with van der Waals surface area (Å²) in [5.74, 6) is -0.275. The van der Waals surface area contributed by atoms with Crippen molar-refractivity contribution in [3.63, 3.8) is 0 Å². The van der Waals surface area contributed by atoms with Gasteiger partial charge in [-0.2, -0.15) is 0 Å². The van der Waals surface area contributed by atoms with Crippen LogP contribution in [0.1, 0.15) is 30.5 Å². The number of hydrogen-bond acceptors (Lipinski definition) is 4. The molecule has 2 aromatic rings. The Hall–Kier alpha value is -2.83. The maximum Gasteiger partial charge on any atom is 0.226 e. The first-order chi connectivity index (χ1) is 14.5. The molecule has 4 rings (SSSR count). The van der Waals surface area contributed by atoms with Gasteiger partial charge in [0.05, 0.1) is 42.1 Å². The van der Waals surface area contributed by atoms with Crippen LogP contribution in [0.4, 0.5) is 11.4 Å². The second-order valence-electron chi connectivity index (χ2n) is 7.37. The van der Waals surface area contributed by atoms with Gasteiger partial charge in [0.2, 0.25) is 11.8 Å². The zero-order valence-electron chi connectivity index (χ0n) is 16.8. The fourth-order valence-corrected chi connectivity index (χ4v) is 4.31. The fraction of sp³-hybridized carbons (Fsp3) is 0.304. The first-order valence-electron chi connectivity index (χ1n) is 10.0. The van der Waals surface area contributed by atoms with Gasteiger partial charge in [0.1, 0.15) is 0 Å².